The zero-order valence-corrected chi connectivity index (χ0v) is 14.6. The van der Waals surface area contributed by atoms with Gasteiger partial charge in [-0.2, -0.15) is 0 Å². The minimum Gasteiger partial charge on any atom is -0.391 e. The minimum absolute atomic E-state index is 0.120. The summed E-state index contributed by atoms with van der Waals surface area (Å²) in [4.78, 5) is 16.9. The van der Waals surface area contributed by atoms with Gasteiger partial charge in [0.25, 0.3) is 5.91 Å². The molecule has 0 aliphatic carbocycles. The number of likely N-dealkylation sites (N-methyl/N-ethyl adjacent to an activating group) is 1. The van der Waals surface area contributed by atoms with Crippen molar-refractivity contribution in [3.63, 3.8) is 0 Å². The summed E-state index contributed by atoms with van der Waals surface area (Å²) in [6.45, 7) is 12.0. The van der Waals surface area contributed by atoms with Crippen LogP contribution in [0.3, 0.4) is 0 Å². The number of quaternary nitrogens is 2. The number of carbonyl (C=O) groups excluding carboxylic acids is 1. The third kappa shape index (κ3) is 3.94. The van der Waals surface area contributed by atoms with E-state index in [2.05, 4.69) is 29.2 Å². The van der Waals surface area contributed by atoms with Crippen molar-refractivity contribution in [1.29, 1.82) is 0 Å². The molecule has 3 aliphatic heterocycles. The van der Waals surface area contributed by atoms with Crippen LogP contribution in [-0.2, 0) is 11.2 Å². The summed E-state index contributed by atoms with van der Waals surface area (Å²) < 4.78 is 2.15. The van der Waals surface area contributed by atoms with Crippen LogP contribution in [0.1, 0.15) is 5.69 Å². The predicted octanol–water partition coefficient (Wildman–Crippen LogP) is 0.586. The van der Waals surface area contributed by atoms with Crippen molar-refractivity contribution in [3.05, 3.63) is 36.8 Å². The van der Waals surface area contributed by atoms with E-state index in [0.717, 1.165) is 48.5 Å². The fraction of sp³-hybridized carbons (Fsp3) is 0.556. The minimum atomic E-state index is 0.120. The van der Waals surface area contributed by atoms with Crippen LogP contribution in [0.15, 0.2) is 31.1 Å². The lowest BCUT2D eigenvalue weighted by atomic mass is 10.1. The number of carbonyl (C=O) groups is 1. The first-order valence-electron chi connectivity index (χ1n) is 8.80. The largest absolute Gasteiger partial charge is 0.391 e. The van der Waals surface area contributed by atoms with Crippen molar-refractivity contribution in [1.82, 2.24) is 10.3 Å². The van der Waals surface area contributed by atoms with E-state index in [0.29, 0.717) is 6.54 Å². The SMILES string of the molecule is C=CNCCc1cc(NC(=O)C[N+]23CC[N+](C)(CC2)CC3)ccn1. The maximum atomic E-state index is 12.5. The van der Waals surface area contributed by atoms with Gasteiger partial charge < -0.3 is 19.6 Å². The van der Waals surface area contributed by atoms with Crippen LogP contribution in [0.5, 0.6) is 0 Å². The second-order valence-electron chi connectivity index (χ2n) is 7.45. The molecule has 24 heavy (non-hydrogen) atoms. The Morgan fingerprint density at radius 3 is 2.67 bits per heavy atom. The fourth-order valence-corrected chi connectivity index (χ4v) is 3.77. The number of anilines is 1. The van der Waals surface area contributed by atoms with E-state index in [1.807, 2.05) is 12.1 Å². The number of pyridine rings is 1. The van der Waals surface area contributed by atoms with E-state index in [1.165, 1.54) is 24.1 Å². The second-order valence-corrected chi connectivity index (χ2v) is 7.45. The first-order chi connectivity index (χ1) is 11.5. The monoisotopic (exact) mass is 331 g/mol. The standard InChI is InChI=1S/C18H28N5O/c1-3-19-6-4-16-14-17(5-7-20-16)21-18(24)15-23-11-8-22(2,9-12-23)10-13-23/h3,5,7,14,19H,1,4,6,8-13,15H2,2H3/q+1/p+1. The predicted molar refractivity (Wildman–Crippen MR) is 95.3 cm³/mol. The van der Waals surface area contributed by atoms with Gasteiger partial charge in [-0.3, -0.25) is 9.78 Å². The number of nitrogens with zero attached hydrogens (tertiary/aromatic N) is 3. The number of fused-ring (bicyclic) bond motifs is 3. The zero-order valence-electron chi connectivity index (χ0n) is 14.6. The maximum Gasteiger partial charge on any atom is 0.279 e. The zero-order chi connectivity index (χ0) is 17.0. The highest BCUT2D eigenvalue weighted by Crippen LogP contribution is 2.24. The van der Waals surface area contributed by atoms with Gasteiger partial charge in [0.15, 0.2) is 6.54 Å². The van der Waals surface area contributed by atoms with Gasteiger partial charge in [-0.1, -0.05) is 6.58 Å². The highest BCUT2D eigenvalue weighted by atomic mass is 16.2. The second kappa shape index (κ2) is 6.91. The molecule has 130 valence electrons. The van der Waals surface area contributed by atoms with Gasteiger partial charge in [-0.05, 0) is 18.3 Å². The molecule has 0 aromatic carbocycles. The van der Waals surface area contributed by atoms with Crippen molar-refractivity contribution in [2.45, 2.75) is 6.42 Å². The highest BCUT2D eigenvalue weighted by molar-refractivity contribution is 5.91. The number of aromatic nitrogens is 1. The van der Waals surface area contributed by atoms with Crippen LogP contribution in [-0.4, -0.2) is 79.3 Å². The summed E-state index contributed by atoms with van der Waals surface area (Å²) in [6.07, 6.45) is 4.25. The summed E-state index contributed by atoms with van der Waals surface area (Å²) in [7, 11) is 2.34. The molecular formula is C18H29N5O+2. The Bertz CT molecular complexity index is 591. The number of nitrogens with one attached hydrogen (secondary N) is 2. The average Bonchev–Trinajstić information content (AvgIpc) is 2.57. The number of hydrogen-bond donors (Lipinski definition) is 2. The molecule has 3 saturated heterocycles. The molecule has 1 amide bonds. The first kappa shape index (κ1) is 16.9. The summed E-state index contributed by atoms with van der Waals surface area (Å²) in [5.41, 5.74) is 1.81. The molecule has 0 saturated carbocycles. The molecule has 0 unspecified atom stereocenters. The van der Waals surface area contributed by atoms with E-state index in [9.17, 15) is 4.79 Å². The van der Waals surface area contributed by atoms with Crippen molar-refractivity contribution in [2.75, 3.05) is 64.7 Å². The Labute approximate surface area is 144 Å². The lowest BCUT2D eigenvalue weighted by Crippen LogP contribution is -2.74. The smallest absolute Gasteiger partial charge is 0.279 e. The quantitative estimate of drug-likeness (QED) is 0.568. The summed E-state index contributed by atoms with van der Waals surface area (Å²) in [5.74, 6) is 0.120. The van der Waals surface area contributed by atoms with Gasteiger partial charge in [0.1, 0.15) is 39.3 Å². The molecule has 0 atom stereocenters. The molecule has 4 heterocycles. The molecule has 1 aromatic heterocycles. The normalized spacial score (nSPS) is 28.4. The molecule has 0 spiro atoms. The Kier molecular flexibility index (Phi) is 4.87. The van der Waals surface area contributed by atoms with Gasteiger partial charge in [0.05, 0.1) is 7.05 Å². The van der Waals surface area contributed by atoms with Crippen LogP contribution < -0.4 is 10.6 Å². The van der Waals surface area contributed by atoms with Gasteiger partial charge >= 0.3 is 0 Å². The van der Waals surface area contributed by atoms with Crippen molar-refractivity contribution in [3.8, 4) is 0 Å². The van der Waals surface area contributed by atoms with E-state index >= 15 is 0 Å². The Balaban J connectivity index is 1.55. The van der Waals surface area contributed by atoms with Crippen LogP contribution in [0.2, 0.25) is 0 Å². The number of rotatable bonds is 7. The molecule has 3 aliphatic rings. The molecular weight excluding hydrogens is 302 g/mol. The van der Waals surface area contributed by atoms with Crippen LogP contribution in [0.25, 0.3) is 0 Å². The topological polar surface area (TPSA) is 54.0 Å². The third-order valence-corrected chi connectivity index (χ3v) is 5.59. The van der Waals surface area contributed by atoms with Gasteiger partial charge in [0.2, 0.25) is 0 Å². The molecule has 6 nitrogen and oxygen atoms in total. The molecule has 4 rings (SSSR count). The van der Waals surface area contributed by atoms with E-state index in [4.69, 9.17) is 0 Å². The summed E-state index contributed by atoms with van der Waals surface area (Å²) in [5, 5.41) is 6.13. The van der Waals surface area contributed by atoms with Gasteiger partial charge in [-0.15, -0.1) is 0 Å². The number of amides is 1. The lowest BCUT2D eigenvalue weighted by molar-refractivity contribution is -1.07. The molecule has 1 aromatic rings. The van der Waals surface area contributed by atoms with Gasteiger partial charge in [0, 0.05) is 30.5 Å². The van der Waals surface area contributed by atoms with Crippen LogP contribution >= 0.6 is 0 Å². The Morgan fingerprint density at radius 1 is 1.29 bits per heavy atom. The van der Waals surface area contributed by atoms with E-state index in [-0.39, 0.29) is 5.91 Å². The number of piperazine rings is 3. The summed E-state index contributed by atoms with van der Waals surface area (Å²) in [6, 6.07) is 3.83. The fourth-order valence-electron chi connectivity index (χ4n) is 3.77. The third-order valence-electron chi connectivity index (χ3n) is 5.59. The Hall–Kier alpha value is -1.92. The molecule has 0 radical (unpaired) electrons. The molecule has 2 bridgehead atoms. The molecule has 2 N–H and O–H groups in total. The molecule has 3 fully saturated rings. The maximum absolute atomic E-state index is 12.5. The average molecular weight is 331 g/mol. The lowest BCUT2D eigenvalue weighted by Gasteiger charge is -2.53. The molecule has 6 heteroatoms. The Morgan fingerprint density at radius 2 is 2.00 bits per heavy atom. The van der Waals surface area contributed by atoms with E-state index in [1.54, 1.807) is 12.4 Å². The van der Waals surface area contributed by atoms with Gasteiger partial charge in [-0.25, -0.2) is 0 Å². The van der Waals surface area contributed by atoms with Crippen LogP contribution in [0.4, 0.5) is 5.69 Å². The van der Waals surface area contributed by atoms with Crippen molar-refractivity contribution >= 4 is 11.6 Å². The number of hydrogen-bond acceptors (Lipinski definition) is 3. The summed E-state index contributed by atoms with van der Waals surface area (Å²) >= 11 is 0. The van der Waals surface area contributed by atoms with Crippen molar-refractivity contribution < 1.29 is 13.8 Å². The van der Waals surface area contributed by atoms with Crippen LogP contribution in [0, 0.1) is 0 Å². The van der Waals surface area contributed by atoms with E-state index < -0.39 is 0 Å². The highest BCUT2D eigenvalue weighted by Gasteiger charge is 2.47. The first-order valence-corrected chi connectivity index (χ1v) is 8.80. The van der Waals surface area contributed by atoms with Crippen molar-refractivity contribution in [2.24, 2.45) is 0 Å².